The first-order valence-corrected chi connectivity index (χ1v) is 14.5. The van der Waals surface area contributed by atoms with Gasteiger partial charge in [0.2, 0.25) is 5.95 Å². The number of aromatic nitrogens is 6. The lowest BCUT2D eigenvalue weighted by Gasteiger charge is -2.11. The average molecular weight is 557 g/mol. The summed E-state index contributed by atoms with van der Waals surface area (Å²) in [5, 5.41) is 4.67. The van der Waals surface area contributed by atoms with Crippen molar-refractivity contribution < 1.29 is 0 Å². The second kappa shape index (κ2) is 8.99. The molecule has 9 rings (SSSR count). The summed E-state index contributed by atoms with van der Waals surface area (Å²) in [5.74, 6) is 1.86. The van der Waals surface area contributed by atoms with Crippen molar-refractivity contribution in [2.75, 3.05) is 0 Å². The number of rotatable bonds is 3. The van der Waals surface area contributed by atoms with Crippen molar-refractivity contribution >= 4 is 64.3 Å². The van der Waals surface area contributed by atoms with Crippen molar-refractivity contribution in [2.45, 2.75) is 0 Å². The predicted molar refractivity (Wildman–Crippen MR) is 171 cm³/mol. The molecular weight excluding hydrogens is 536 g/mol. The molecule has 42 heavy (non-hydrogen) atoms. The maximum atomic E-state index is 5.10. The van der Waals surface area contributed by atoms with Gasteiger partial charge in [0.15, 0.2) is 11.6 Å². The van der Waals surface area contributed by atoms with Gasteiger partial charge in [-0.25, -0.2) is 4.98 Å². The molecule has 0 spiro atoms. The molecule has 196 valence electrons. The summed E-state index contributed by atoms with van der Waals surface area (Å²) in [4.78, 5) is 24.3. The number of hydrogen-bond donors (Lipinski definition) is 0. The SMILES string of the molecule is c1ccc(-c2nc(-c3ccccc3)nc(-n3c4ccccc4c4ccc5c6cc7nccnc7cc6sc5c43)n2)cc1. The van der Waals surface area contributed by atoms with Crippen molar-refractivity contribution in [3.63, 3.8) is 0 Å². The van der Waals surface area contributed by atoms with Crippen LogP contribution in [-0.4, -0.2) is 29.5 Å². The van der Waals surface area contributed by atoms with Crippen molar-refractivity contribution in [3.05, 3.63) is 122 Å². The Morgan fingerprint density at radius 2 is 1.14 bits per heavy atom. The average Bonchev–Trinajstić information content (AvgIpc) is 3.59. The first kappa shape index (κ1) is 23.2. The molecule has 5 aromatic carbocycles. The van der Waals surface area contributed by atoms with E-state index in [0.717, 1.165) is 44.0 Å². The number of para-hydroxylation sites is 1. The first-order chi connectivity index (χ1) is 20.8. The molecule has 4 heterocycles. The Kier molecular flexibility index (Phi) is 4.97. The van der Waals surface area contributed by atoms with Gasteiger partial charge in [0.05, 0.1) is 26.8 Å². The van der Waals surface area contributed by atoms with Gasteiger partial charge in [0, 0.05) is 49.8 Å². The number of hydrogen-bond acceptors (Lipinski definition) is 6. The predicted octanol–water partition coefficient (Wildman–Crippen LogP) is 8.61. The Labute approximate surface area is 243 Å². The van der Waals surface area contributed by atoms with E-state index in [1.807, 2.05) is 60.7 Å². The lowest BCUT2D eigenvalue weighted by atomic mass is 10.1. The third-order valence-electron chi connectivity index (χ3n) is 7.75. The summed E-state index contributed by atoms with van der Waals surface area (Å²) in [6.45, 7) is 0. The molecule has 0 aliphatic heterocycles. The van der Waals surface area contributed by atoms with Crippen molar-refractivity contribution in [1.29, 1.82) is 0 Å². The monoisotopic (exact) mass is 556 g/mol. The first-order valence-electron chi connectivity index (χ1n) is 13.7. The minimum Gasteiger partial charge on any atom is -0.276 e. The zero-order valence-corrected chi connectivity index (χ0v) is 23.0. The molecule has 0 aliphatic rings. The fourth-order valence-electron chi connectivity index (χ4n) is 5.84. The highest BCUT2D eigenvalue weighted by atomic mass is 32.1. The number of thiophene rings is 1. The summed E-state index contributed by atoms with van der Waals surface area (Å²) in [6.07, 6.45) is 3.49. The van der Waals surface area contributed by atoms with Crippen LogP contribution in [0.5, 0.6) is 0 Å². The highest BCUT2D eigenvalue weighted by molar-refractivity contribution is 7.26. The molecule has 0 atom stereocenters. The molecule has 4 aromatic heterocycles. The van der Waals surface area contributed by atoms with Gasteiger partial charge in [-0.15, -0.1) is 11.3 Å². The van der Waals surface area contributed by atoms with Crippen LogP contribution < -0.4 is 0 Å². The minimum atomic E-state index is 0.590. The van der Waals surface area contributed by atoms with Crippen LogP contribution in [0.25, 0.3) is 81.7 Å². The van der Waals surface area contributed by atoms with Crippen LogP contribution in [0.3, 0.4) is 0 Å². The van der Waals surface area contributed by atoms with Crippen LogP contribution in [0.2, 0.25) is 0 Å². The smallest absolute Gasteiger partial charge is 0.238 e. The van der Waals surface area contributed by atoms with Crippen LogP contribution in [0.4, 0.5) is 0 Å². The van der Waals surface area contributed by atoms with Gasteiger partial charge in [-0.05, 0) is 18.2 Å². The van der Waals surface area contributed by atoms with Gasteiger partial charge in [0.1, 0.15) is 0 Å². The number of fused-ring (bicyclic) bond motifs is 8. The molecule has 9 aromatic rings. The molecule has 0 saturated carbocycles. The molecule has 0 radical (unpaired) electrons. The van der Waals surface area contributed by atoms with Crippen LogP contribution in [0, 0.1) is 0 Å². The van der Waals surface area contributed by atoms with Crippen LogP contribution in [-0.2, 0) is 0 Å². The molecule has 0 N–H and O–H groups in total. The van der Waals surface area contributed by atoms with E-state index in [2.05, 4.69) is 63.1 Å². The molecular formula is C35H20N6S. The van der Waals surface area contributed by atoms with E-state index in [1.54, 1.807) is 23.7 Å². The fourth-order valence-corrected chi connectivity index (χ4v) is 7.10. The molecule has 6 nitrogen and oxygen atoms in total. The standard InChI is InChI=1S/C35H20N6S/c1-3-9-21(10-4-1)33-38-34(22-11-5-2-6-12-22)40-35(39-33)41-29-14-8-7-13-23(29)24-15-16-25-26-19-27-28(37-18-17-36-27)20-30(26)42-32(25)31(24)41/h1-20H. The van der Waals surface area contributed by atoms with Gasteiger partial charge in [-0.3, -0.25) is 14.5 Å². The highest BCUT2D eigenvalue weighted by Crippen LogP contribution is 2.43. The normalized spacial score (nSPS) is 11.8. The van der Waals surface area contributed by atoms with E-state index in [-0.39, 0.29) is 0 Å². The van der Waals surface area contributed by atoms with E-state index in [9.17, 15) is 0 Å². The second-order valence-corrected chi connectivity index (χ2v) is 11.3. The van der Waals surface area contributed by atoms with Crippen LogP contribution >= 0.6 is 11.3 Å². The quantitative estimate of drug-likeness (QED) is 0.218. The van der Waals surface area contributed by atoms with E-state index in [4.69, 9.17) is 15.0 Å². The molecule has 0 bridgehead atoms. The largest absolute Gasteiger partial charge is 0.276 e. The molecule has 0 aliphatic carbocycles. The zero-order chi connectivity index (χ0) is 27.6. The van der Waals surface area contributed by atoms with Gasteiger partial charge < -0.3 is 0 Å². The second-order valence-electron chi connectivity index (χ2n) is 10.2. The van der Waals surface area contributed by atoms with E-state index in [0.29, 0.717) is 17.6 Å². The van der Waals surface area contributed by atoms with Crippen molar-refractivity contribution in [1.82, 2.24) is 29.5 Å². The van der Waals surface area contributed by atoms with Crippen LogP contribution in [0.15, 0.2) is 122 Å². The Hall–Kier alpha value is -5.53. The highest BCUT2D eigenvalue weighted by Gasteiger charge is 2.21. The summed E-state index contributed by atoms with van der Waals surface area (Å²) in [5.41, 5.74) is 5.81. The Morgan fingerprint density at radius 3 is 1.86 bits per heavy atom. The number of benzene rings is 5. The van der Waals surface area contributed by atoms with Crippen molar-refractivity contribution in [2.24, 2.45) is 0 Å². The maximum Gasteiger partial charge on any atom is 0.238 e. The Morgan fingerprint density at radius 1 is 0.524 bits per heavy atom. The molecule has 7 heteroatoms. The molecule has 0 fully saturated rings. The lowest BCUT2D eigenvalue weighted by Crippen LogP contribution is -2.06. The van der Waals surface area contributed by atoms with Gasteiger partial charge in [-0.2, -0.15) is 9.97 Å². The third kappa shape index (κ3) is 3.47. The summed E-state index contributed by atoms with van der Waals surface area (Å²) in [6, 6.07) is 37.4. The van der Waals surface area contributed by atoms with Gasteiger partial charge in [-0.1, -0.05) is 91.0 Å². The van der Waals surface area contributed by atoms with E-state index >= 15 is 0 Å². The molecule has 0 saturated heterocycles. The topological polar surface area (TPSA) is 69.4 Å². The summed E-state index contributed by atoms with van der Waals surface area (Å²) in [7, 11) is 0. The van der Waals surface area contributed by atoms with Gasteiger partial charge >= 0.3 is 0 Å². The number of nitrogens with zero attached hydrogens (tertiary/aromatic N) is 6. The molecule has 0 unspecified atom stereocenters. The summed E-state index contributed by atoms with van der Waals surface area (Å²) < 4.78 is 4.56. The van der Waals surface area contributed by atoms with Crippen molar-refractivity contribution in [3.8, 4) is 28.7 Å². The molecule has 0 amide bonds. The Balaban J connectivity index is 1.42. The minimum absolute atomic E-state index is 0.590. The van der Waals surface area contributed by atoms with Crippen LogP contribution in [0.1, 0.15) is 0 Å². The van der Waals surface area contributed by atoms with E-state index < -0.39 is 0 Å². The fraction of sp³-hybridized carbons (Fsp3) is 0. The lowest BCUT2D eigenvalue weighted by molar-refractivity contribution is 0.955. The van der Waals surface area contributed by atoms with Gasteiger partial charge in [0.25, 0.3) is 0 Å². The maximum absolute atomic E-state index is 5.10. The zero-order valence-electron chi connectivity index (χ0n) is 22.1. The summed E-state index contributed by atoms with van der Waals surface area (Å²) >= 11 is 1.77. The van der Waals surface area contributed by atoms with E-state index in [1.165, 1.54) is 20.2 Å². The Bertz CT molecular complexity index is 2410. The third-order valence-corrected chi connectivity index (χ3v) is 8.93.